The van der Waals surface area contributed by atoms with Gasteiger partial charge in [0.05, 0.1) is 18.1 Å². The third-order valence-corrected chi connectivity index (χ3v) is 1.21. The maximum atomic E-state index is 10.2. The number of carbonyl (C=O) groups is 1. The number of allylic oxidation sites excluding steroid dienone is 2. The first-order valence-electron chi connectivity index (χ1n) is 3.26. The average molecular weight is 183 g/mol. The van der Waals surface area contributed by atoms with Crippen LogP contribution in [0.25, 0.3) is 0 Å². The zero-order valence-corrected chi connectivity index (χ0v) is 7.15. The van der Waals surface area contributed by atoms with Gasteiger partial charge < -0.3 is 4.74 Å². The molecule has 0 unspecified atom stereocenters. The maximum absolute atomic E-state index is 10.2. The summed E-state index contributed by atoms with van der Waals surface area (Å²) in [5.74, 6) is 0.0386. The number of carbonyl (C=O) groups excluding carboxylic acids is 1. The van der Waals surface area contributed by atoms with Gasteiger partial charge in [0.15, 0.2) is 6.29 Å². The Labute approximate surface area is 75.2 Å². The second kappa shape index (κ2) is 4.87. The Hall–Kier alpha value is -1.91. The Morgan fingerprint density at radius 3 is 2.38 bits per heavy atom. The SMILES string of the molecule is C=C(C=O)/C(=C\C(=C)[N+](=O)[O-])OC. The largest absolute Gasteiger partial charge is 0.496 e. The van der Waals surface area contributed by atoms with Gasteiger partial charge in [-0.25, -0.2) is 0 Å². The zero-order valence-electron chi connectivity index (χ0n) is 7.15. The Bertz CT molecular complexity index is 291. The summed E-state index contributed by atoms with van der Waals surface area (Å²) in [5, 5.41) is 10.1. The van der Waals surface area contributed by atoms with Gasteiger partial charge in [0.2, 0.25) is 0 Å². The lowest BCUT2D eigenvalue weighted by atomic mass is 10.2. The summed E-state index contributed by atoms with van der Waals surface area (Å²) in [6.07, 6.45) is 1.49. The molecule has 0 atom stereocenters. The van der Waals surface area contributed by atoms with Crippen molar-refractivity contribution in [2.45, 2.75) is 0 Å². The van der Waals surface area contributed by atoms with Crippen molar-refractivity contribution in [2.24, 2.45) is 0 Å². The average Bonchev–Trinajstić information content (AvgIpc) is 2.12. The Morgan fingerprint density at radius 1 is 1.54 bits per heavy atom. The molecule has 0 N–H and O–H groups in total. The van der Waals surface area contributed by atoms with E-state index in [-0.39, 0.29) is 17.0 Å². The molecule has 0 saturated heterocycles. The number of nitrogens with zero attached hydrogens (tertiary/aromatic N) is 1. The highest BCUT2D eigenvalue weighted by molar-refractivity contribution is 5.78. The van der Waals surface area contributed by atoms with Crippen LogP contribution in [0, 0.1) is 10.1 Å². The van der Waals surface area contributed by atoms with Gasteiger partial charge in [-0.15, -0.1) is 0 Å². The molecule has 0 aromatic carbocycles. The molecule has 70 valence electrons. The van der Waals surface area contributed by atoms with Crippen LogP contribution in [0.1, 0.15) is 0 Å². The van der Waals surface area contributed by atoms with E-state index in [0.29, 0.717) is 6.29 Å². The number of aldehydes is 1. The highest BCUT2D eigenvalue weighted by atomic mass is 16.6. The van der Waals surface area contributed by atoms with Crippen LogP contribution < -0.4 is 0 Å². The summed E-state index contributed by atoms with van der Waals surface area (Å²) in [6.45, 7) is 6.48. The number of ether oxygens (including phenoxy) is 1. The number of hydrogen-bond donors (Lipinski definition) is 0. The van der Waals surface area contributed by atoms with E-state index in [1.807, 2.05) is 0 Å². The monoisotopic (exact) mass is 183 g/mol. The molecule has 13 heavy (non-hydrogen) atoms. The number of nitro groups is 1. The Kier molecular flexibility index (Phi) is 4.15. The van der Waals surface area contributed by atoms with Gasteiger partial charge in [-0.3, -0.25) is 14.9 Å². The molecule has 0 aromatic heterocycles. The fourth-order valence-corrected chi connectivity index (χ4v) is 0.545. The van der Waals surface area contributed by atoms with Crippen molar-refractivity contribution >= 4 is 6.29 Å². The van der Waals surface area contributed by atoms with Gasteiger partial charge in [0, 0.05) is 5.57 Å². The molecular formula is C8H9NO4. The van der Waals surface area contributed by atoms with E-state index in [1.54, 1.807) is 0 Å². The topological polar surface area (TPSA) is 69.4 Å². The van der Waals surface area contributed by atoms with E-state index in [9.17, 15) is 14.9 Å². The van der Waals surface area contributed by atoms with Crippen molar-refractivity contribution in [3.8, 4) is 0 Å². The van der Waals surface area contributed by atoms with Gasteiger partial charge in [-0.1, -0.05) is 6.58 Å². The van der Waals surface area contributed by atoms with Gasteiger partial charge in [-0.05, 0) is 6.58 Å². The summed E-state index contributed by atoms with van der Waals surface area (Å²) >= 11 is 0. The molecule has 0 rings (SSSR count). The third-order valence-electron chi connectivity index (χ3n) is 1.21. The van der Waals surface area contributed by atoms with Crippen molar-refractivity contribution in [2.75, 3.05) is 7.11 Å². The fraction of sp³-hybridized carbons (Fsp3) is 0.125. The van der Waals surface area contributed by atoms with Crippen molar-refractivity contribution in [3.63, 3.8) is 0 Å². The van der Waals surface area contributed by atoms with Crippen molar-refractivity contribution in [1.82, 2.24) is 0 Å². The summed E-state index contributed by atoms with van der Waals surface area (Å²) < 4.78 is 4.69. The standard InChI is InChI=1S/C8H9NO4/c1-6(5-10)8(13-3)4-7(2)9(11)12/h4-5H,1-2H2,3H3/b8-4+. The highest BCUT2D eigenvalue weighted by Crippen LogP contribution is 2.09. The molecule has 5 heteroatoms. The van der Waals surface area contributed by atoms with Crippen LogP contribution in [0.2, 0.25) is 0 Å². The molecule has 0 radical (unpaired) electrons. The minimum Gasteiger partial charge on any atom is -0.496 e. The van der Waals surface area contributed by atoms with E-state index < -0.39 is 4.92 Å². The molecule has 0 aliphatic carbocycles. The normalized spacial score (nSPS) is 10.4. The minimum atomic E-state index is -0.683. The second-order valence-corrected chi connectivity index (χ2v) is 2.10. The third kappa shape index (κ3) is 3.33. The fourth-order valence-electron chi connectivity index (χ4n) is 0.545. The molecule has 0 fully saturated rings. The lowest BCUT2D eigenvalue weighted by Gasteiger charge is -2.01. The Morgan fingerprint density at radius 2 is 2.08 bits per heavy atom. The summed E-state index contributed by atoms with van der Waals surface area (Å²) in [4.78, 5) is 19.7. The number of methoxy groups -OCH3 is 1. The van der Waals surface area contributed by atoms with Crippen LogP contribution in [-0.2, 0) is 9.53 Å². The van der Waals surface area contributed by atoms with Gasteiger partial charge >= 0.3 is 0 Å². The highest BCUT2D eigenvalue weighted by Gasteiger charge is 2.08. The first-order chi connectivity index (χ1) is 6.02. The van der Waals surface area contributed by atoms with Crippen LogP contribution in [0.15, 0.2) is 36.3 Å². The summed E-state index contributed by atoms with van der Waals surface area (Å²) in [5.41, 5.74) is -0.328. The smallest absolute Gasteiger partial charge is 0.266 e. The molecule has 0 amide bonds. The molecule has 0 saturated carbocycles. The van der Waals surface area contributed by atoms with Gasteiger partial charge in [-0.2, -0.15) is 0 Å². The van der Waals surface area contributed by atoms with Gasteiger partial charge in [0.1, 0.15) is 5.76 Å². The zero-order chi connectivity index (χ0) is 10.4. The number of rotatable bonds is 5. The van der Waals surface area contributed by atoms with Crippen molar-refractivity contribution < 1.29 is 14.5 Å². The summed E-state index contributed by atoms with van der Waals surface area (Å²) in [7, 11) is 1.29. The molecule has 0 heterocycles. The maximum Gasteiger partial charge on any atom is 0.266 e. The van der Waals surface area contributed by atoms with Crippen LogP contribution in [0.4, 0.5) is 0 Å². The number of hydrogen-bond acceptors (Lipinski definition) is 4. The van der Waals surface area contributed by atoms with E-state index in [1.165, 1.54) is 7.11 Å². The summed E-state index contributed by atoms with van der Waals surface area (Å²) in [6, 6.07) is 0. The lowest BCUT2D eigenvalue weighted by molar-refractivity contribution is -0.418. The van der Waals surface area contributed by atoms with E-state index in [2.05, 4.69) is 17.9 Å². The van der Waals surface area contributed by atoms with E-state index >= 15 is 0 Å². The predicted molar refractivity (Wildman–Crippen MR) is 46.4 cm³/mol. The second-order valence-electron chi connectivity index (χ2n) is 2.10. The molecule has 0 aliphatic rings. The lowest BCUT2D eigenvalue weighted by Crippen LogP contribution is -1.98. The molecule has 0 bridgehead atoms. The molecule has 0 aliphatic heterocycles. The van der Waals surface area contributed by atoms with Gasteiger partial charge in [0.25, 0.3) is 5.70 Å². The quantitative estimate of drug-likeness (QED) is 0.159. The van der Waals surface area contributed by atoms with E-state index in [4.69, 9.17) is 0 Å². The molecule has 5 nitrogen and oxygen atoms in total. The first kappa shape index (κ1) is 11.1. The molecule has 0 aromatic rings. The van der Waals surface area contributed by atoms with Crippen LogP contribution in [0.3, 0.4) is 0 Å². The van der Waals surface area contributed by atoms with Crippen LogP contribution in [0.5, 0.6) is 0 Å². The minimum absolute atomic E-state index is 0.0329. The van der Waals surface area contributed by atoms with Crippen LogP contribution >= 0.6 is 0 Å². The molecule has 0 spiro atoms. The predicted octanol–water partition coefficient (Wildman–Crippen LogP) is 1.06. The molecular weight excluding hydrogens is 174 g/mol. The van der Waals surface area contributed by atoms with E-state index in [0.717, 1.165) is 6.08 Å². The van der Waals surface area contributed by atoms with Crippen molar-refractivity contribution in [1.29, 1.82) is 0 Å². The van der Waals surface area contributed by atoms with Crippen LogP contribution in [-0.4, -0.2) is 18.3 Å². The first-order valence-corrected chi connectivity index (χ1v) is 3.26. The van der Waals surface area contributed by atoms with Crippen molar-refractivity contribution in [3.05, 3.63) is 46.4 Å². The Balaban J connectivity index is 4.76.